The molecule has 1 aromatic carbocycles. The highest BCUT2D eigenvalue weighted by molar-refractivity contribution is 9.11. The summed E-state index contributed by atoms with van der Waals surface area (Å²) in [6.45, 7) is 9.34. The monoisotopic (exact) mass is 404 g/mol. The topological polar surface area (TPSA) is 18.5 Å². The number of halogens is 2. The molecule has 1 aliphatic rings. The van der Waals surface area contributed by atoms with Crippen LogP contribution in [0.15, 0.2) is 16.6 Å². The summed E-state index contributed by atoms with van der Waals surface area (Å²) in [6, 6.07) is 4.04. The lowest BCUT2D eigenvalue weighted by molar-refractivity contribution is 0.354. The van der Waals surface area contributed by atoms with E-state index in [2.05, 4.69) is 65.6 Å². The Balaban J connectivity index is 2.39. The van der Waals surface area contributed by atoms with Gasteiger partial charge in [-0.2, -0.15) is 0 Å². The first-order chi connectivity index (χ1) is 9.18. The lowest BCUT2D eigenvalue weighted by Crippen LogP contribution is -2.02. The molecule has 0 aromatic heterocycles. The van der Waals surface area contributed by atoms with Crippen molar-refractivity contribution in [3.05, 3.63) is 22.2 Å². The fourth-order valence-electron chi connectivity index (χ4n) is 3.24. The summed E-state index contributed by atoms with van der Waals surface area (Å²) in [7, 11) is 3.33. The van der Waals surface area contributed by atoms with E-state index in [9.17, 15) is 0 Å². The number of rotatable bonds is 4. The quantitative estimate of drug-likeness (QED) is 0.608. The Labute approximate surface area is 138 Å². The van der Waals surface area contributed by atoms with Gasteiger partial charge in [0.25, 0.3) is 0 Å². The van der Waals surface area contributed by atoms with Crippen LogP contribution in [0.1, 0.15) is 38.1 Å². The van der Waals surface area contributed by atoms with Gasteiger partial charge < -0.3 is 9.47 Å². The molecular formula is C16H22Br2O2. The summed E-state index contributed by atoms with van der Waals surface area (Å²) in [5.74, 6) is 2.10. The summed E-state index contributed by atoms with van der Waals surface area (Å²) in [6.07, 6.45) is 0. The maximum atomic E-state index is 5.42. The van der Waals surface area contributed by atoms with Crippen LogP contribution in [-0.2, 0) is 0 Å². The van der Waals surface area contributed by atoms with Crippen LogP contribution in [0.2, 0.25) is 0 Å². The molecule has 2 rings (SSSR count). The van der Waals surface area contributed by atoms with Gasteiger partial charge in [0.1, 0.15) is 0 Å². The first-order valence-corrected chi connectivity index (χ1v) is 8.44. The zero-order valence-electron chi connectivity index (χ0n) is 12.9. The van der Waals surface area contributed by atoms with Crippen LogP contribution in [-0.4, -0.2) is 14.2 Å². The second-order valence-corrected chi connectivity index (χ2v) is 8.39. The van der Waals surface area contributed by atoms with Gasteiger partial charge in [0.05, 0.1) is 14.2 Å². The maximum absolute atomic E-state index is 5.42. The molecule has 0 radical (unpaired) electrons. The highest BCUT2D eigenvalue weighted by atomic mass is 79.9. The molecule has 0 heterocycles. The van der Waals surface area contributed by atoms with E-state index in [-0.39, 0.29) is 0 Å². The average molecular weight is 406 g/mol. The molecule has 1 unspecified atom stereocenters. The molecule has 1 atom stereocenters. The van der Waals surface area contributed by atoms with Gasteiger partial charge in [-0.15, -0.1) is 0 Å². The van der Waals surface area contributed by atoms with Crippen LogP contribution in [0.3, 0.4) is 0 Å². The molecule has 0 saturated heterocycles. The minimum Gasteiger partial charge on any atom is -0.493 e. The predicted octanol–water partition coefficient (Wildman–Crippen LogP) is 5.58. The average Bonchev–Trinajstić information content (AvgIpc) is 2.78. The number of ether oxygens (including phenoxy) is 2. The Morgan fingerprint density at radius 1 is 1.00 bits per heavy atom. The summed E-state index contributed by atoms with van der Waals surface area (Å²) in [5, 5.41) is 0. The highest BCUT2D eigenvalue weighted by Crippen LogP contribution is 2.74. The van der Waals surface area contributed by atoms with Crippen LogP contribution in [0, 0.1) is 16.7 Å². The smallest absolute Gasteiger partial charge is 0.161 e. The van der Waals surface area contributed by atoms with Gasteiger partial charge in [-0.1, -0.05) is 59.6 Å². The number of methoxy groups -OCH3 is 2. The molecule has 1 aliphatic carbocycles. The first kappa shape index (κ1) is 16.2. The molecule has 0 bridgehead atoms. The Bertz CT molecular complexity index is 509. The fourth-order valence-corrected chi connectivity index (χ4v) is 5.82. The second-order valence-electron chi connectivity index (χ2n) is 6.55. The zero-order chi connectivity index (χ0) is 15.3. The third-order valence-electron chi connectivity index (χ3n) is 5.23. The number of hydrogen-bond acceptors (Lipinski definition) is 2. The molecule has 1 saturated carbocycles. The largest absolute Gasteiger partial charge is 0.493 e. The molecule has 0 aliphatic heterocycles. The molecule has 1 aromatic rings. The van der Waals surface area contributed by atoms with Crippen molar-refractivity contribution in [2.75, 3.05) is 14.2 Å². The molecule has 0 N–H and O–H groups in total. The Morgan fingerprint density at radius 2 is 1.45 bits per heavy atom. The molecule has 112 valence electrons. The van der Waals surface area contributed by atoms with Gasteiger partial charge in [0.2, 0.25) is 0 Å². The van der Waals surface area contributed by atoms with Crippen molar-refractivity contribution in [3.8, 4) is 11.5 Å². The standard InChI is InChI=1S/C16H22Br2O2/c1-15(2)14(16(15,3)4)13(18)9-7-11(19-5)12(20-6)8-10(9)17/h7-8,13-14H,1-6H3. The number of hydrogen-bond donors (Lipinski definition) is 0. The highest BCUT2D eigenvalue weighted by Gasteiger charge is 2.67. The number of alkyl halides is 1. The van der Waals surface area contributed by atoms with Crippen molar-refractivity contribution in [1.82, 2.24) is 0 Å². The predicted molar refractivity (Wildman–Crippen MR) is 90.0 cm³/mol. The van der Waals surface area contributed by atoms with E-state index in [1.807, 2.05) is 6.07 Å². The lowest BCUT2D eigenvalue weighted by Gasteiger charge is -2.17. The molecule has 0 amide bonds. The third kappa shape index (κ3) is 2.29. The van der Waals surface area contributed by atoms with E-state index in [4.69, 9.17) is 9.47 Å². The molecule has 0 spiro atoms. The van der Waals surface area contributed by atoms with Gasteiger partial charge in [-0.25, -0.2) is 0 Å². The van der Waals surface area contributed by atoms with E-state index >= 15 is 0 Å². The Kier molecular flexibility index (Phi) is 4.20. The van der Waals surface area contributed by atoms with E-state index in [0.717, 1.165) is 16.0 Å². The van der Waals surface area contributed by atoms with Gasteiger partial charge in [0, 0.05) is 9.30 Å². The molecule has 1 fully saturated rings. The SMILES string of the molecule is COc1cc(Br)c(C(Br)C2C(C)(C)C2(C)C)cc1OC. The van der Waals surface area contributed by atoms with E-state index in [1.165, 1.54) is 5.56 Å². The summed E-state index contributed by atoms with van der Waals surface area (Å²) in [5.41, 5.74) is 1.87. The molecular weight excluding hydrogens is 384 g/mol. The van der Waals surface area contributed by atoms with E-state index in [1.54, 1.807) is 14.2 Å². The van der Waals surface area contributed by atoms with Gasteiger partial charge in [0.15, 0.2) is 11.5 Å². The fraction of sp³-hybridized carbons (Fsp3) is 0.625. The second kappa shape index (κ2) is 5.20. The molecule has 2 nitrogen and oxygen atoms in total. The van der Waals surface area contributed by atoms with Crippen molar-refractivity contribution in [3.63, 3.8) is 0 Å². The minimum absolute atomic E-state index is 0.293. The summed E-state index contributed by atoms with van der Waals surface area (Å²) >= 11 is 7.56. The van der Waals surface area contributed by atoms with E-state index in [0.29, 0.717) is 21.6 Å². The van der Waals surface area contributed by atoms with Crippen LogP contribution in [0.4, 0.5) is 0 Å². The first-order valence-electron chi connectivity index (χ1n) is 6.74. The van der Waals surface area contributed by atoms with Crippen molar-refractivity contribution >= 4 is 31.9 Å². The number of benzene rings is 1. The van der Waals surface area contributed by atoms with E-state index < -0.39 is 0 Å². The molecule has 4 heteroatoms. The van der Waals surface area contributed by atoms with Crippen LogP contribution < -0.4 is 9.47 Å². The Hall–Kier alpha value is -0.220. The minimum atomic E-state index is 0.293. The lowest BCUT2D eigenvalue weighted by atomic mass is 10.0. The molecule has 20 heavy (non-hydrogen) atoms. The normalized spacial score (nSPS) is 21.4. The summed E-state index contributed by atoms with van der Waals surface area (Å²) < 4.78 is 11.8. The van der Waals surface area contributed by atoms with Crippen molar-refractivity contribution < 1.29 is 9.47 Å². The third-order valence-corrected chi connectivity index (χ3v) is 6.93. The Morgan fingerprint density at radius 3 is 1.85 bits per heavy atom. The zero-order valence-corrected chi connectivity index (χ0v) is 16.1. The summed E-state index contributed by atoms with van der Waals surface area (Å²) in [4.78, 5) is 0.293. The van der Waals surface area contributed by atoms with Crippen LogP contribution >= 0.6 is 31.9 Å². The van der Waals surface area contributed by atoms with Gasteiger partial charge in [-0.05, 0) is 34.4 Å². The van der Waals surface area contributed by atoms with Crippen molar-refractivity contribution in [2.24, 2.45) is 16.7 Å². The van der Waals surface area contributed by atoms with Crippen LogP contribution in [0.25, 0.3) is 0 Å². The van der Waals surface area contributed by atoms with Gasteiger partial charge in [-0.3, -0.25) is 0 Å². The van der Waals surface area contributed by atoms with Gasteiger partial charge >= 0.3 is 0 Å². The maximum Gasteiger partial charge on any atom is 0.161 e. The van der Waals surface area contributed by atoms with Crippen LogP contribution in [0.5, 0.6) is 11.5 Å². The van der Waals surface area contributed by atoms with Crippen molar-refractivity contribution in [2.45, 2.75) is 32.5 Å². The van der Waals surface area contributed by atoms with Crippen molar-refractivity contribution in [1.29, 1.82) is 0 Å².